The molecule has 0 saturated carbocycles. The first-order valence-corrected chi connectivity index (χ1v) is 0.894. The Balaban J connectivity index is -0.00000000667. The molecule has 0 aromatic heterocycles. The number of halogens is 1. The van der Waals surface area contributed by atoms with E-state index in [0.29, 0.717) is 0 Å². The number of hydrogen-bond acceptors (Lipinski definition) is 2. The van der Waals surface area contributed by atoms with E-state index in [0.717, 1.165) is 0 Å². The summed E-state index contributed by atoms with van der Waals surface area (Å²) in [4.78, 5) is 0. The largest absolute Gasteiger partial charge is 1.00 e. The molecule has 0 aliphatic carbocycles. The van der Waals surface area contributed by atoms with Gasteiger partial charge in [0, 0.05) is 0 Å². The van der Waals surface area contributed by atoms with E-state index in [1.807, 2.05) is 0 Å². The molecule has 0 amide bonds. The van der Waals surface area contributed by atoms with E-state index in [1.165, 1.54) is 5.40 Å². The molecular formula is CH3ClCsNS. The molecule has 0 N–H and O–H groups in total. The standard InChI is InChI=1S/CHNS.ClH.Cs.H/c2-1-3;;;/h3H;1H;;/q;;+1;-1. The van der Waals surface area contributed by atoms with Gasteiger partial charge in [-0.3, -0.25) is 0 Å². The Bertz CT molecular complexity index is 37.0. The second-order valence-electron chi connectivity index (χ2n) is 0.100. The van der Waals surface area contributed by atoms with Crippen LogP contribution in [0.1, 0.15) is 1.43 Å². The number of rotatable bonds is 0. The van der Waals surface area contributed by atoms with Crippen molar-refractivity contribution >= 4 is 25.0 Å². The third kappa shape index (κ3) is 22.7. The van der Waals surface area contributed by atoms with Gasteiger partial charge < -0.3 is 1.43 Å². The SMILES string of the molecule is Cl.N#CS.[Cs+].[H-]. The van der Waals surface area contributed by atoms with Crippen LogP contribution in [-0.2, 0) is 0 Å². The van der Waals surface area contributed by atoms with Crippen molar-refractivity contribution in [2.24, 2.45) is 0 Å². The van der Waals surface area contributed by atoms with E-state index >= 15 is 0 Å². The first-order valence-electron chi connectivity index (χ1n) is 0.447. The predicted molar refractivity (Wildman–Crippen MR) is 23.0 cm³/mol. The minimum Gasteiger partial charge on any atom is -1.00 e. The van der Waals surface area contributed by atoms with E-state index in [-0.39, 0.29) is 82.7 Å². The average Bonchev–Trinajstić information content (AvgIpc) is 0.918. The predicted octanol–water partition coefficient (Wildman–Crippen LogP) is -2.06. The normalized spacial score (nSPS) is 1.60. The average molecular weight is 229 g/mol. The molecule has 0 radical (unpaired) electrons. The molecule has 0 rings (SSSR count). The molecule has 4 heteroatoms. The Morgan fingerprint density at radius 3 is 1.80 bits per heavy atom. The van der Waals surface area contributed by atoms with E-state index in [1.54, 1.807) is 0 Å². The number of thiol groups is 1. The van der Waals surface area contributed by atoms with Crippen LogP contribution in [0.3, 0.4) is 0 Å². The maximum atomic E-state index is 7.18. The Morgan fingerprint density at radius 2 is 1.80 bits per heavy atom. The number of thiocyanates is 1. The maximum Gasteiger partial charge on any atom is 1.00 e. The molecule has 0 spiro atoms. The van der Waals surface area contributed by atoms with Crippen LogP contribution < -0.4 is 68.9 Å². The summed E-state index contributed by atoms with van der Waals surface area (Å²) in [7, 11) is 0. The van der Waals surface area contributed by atoms with Crippen molar-refractivity contribution in [3.8, 4) is 5.40 Å². The minimum atomic E-state index is 0. The molecule has 0 aromatic rings. The fraction of sp³-hybridized carbons (Fsp3) is 0. The van der Waals surface area contributed by atoms with Crippen molar-refractivity contribution in [1.29, 1.82) is 5.26 Å². The molecule has 5 heavy (non-hydrogen) atoms. The smallest absolute Gasteiger partial charge is 1.00 e. The minimum absolute atomic E-state index is 0. The van der Waals surface area contributed by atoms with Crippen LogP contribution in [0.5, 0.6) is 0 Å². The third-order valence-corrected chi connectivity index (χ3v) is 0. The summed E-state index contributed by atoms with van der Waals surface area (Å²) in [5.41, 5.74) is 0. The van der Waals surface area contributed by atoms with Gasteiger partial charge in [0.15, 0.2) is 0 Å². The molecule has 0 aliphatic rings. The fourth-order valence-corrected chi connectivity index (χ4v) is 0. The zero-order valence-electron chi connectivity index (χ0n) is 3.80. The molecule has 0 fully saturated rings. The molecule has 0 bridgehead atoms. The van der Waals surface area contributed by atoms with Gasteiger partial charge in [-0.05, 0) is 0 Å². The van der Waals surface area contributed by atoms with Gasteiger partial charge in [0.1, 0.15) is 5.40 Å². The van der Waals surface area contributed by atoms with Gasteiger partial charge in [-0.1, -0.05) is 12.6 Å². The summed E-state index contributed by atoms with van der Waals surface area (Å²) in [6.07, 6.45) is 0. The fourth-order valence-electron chi connectivity index (χ4n) is 0. The monoisotopic (exact) mass is 229 g/mol. The maximum absolute atomic E-state index is 7.18. The first kappa shape index (κ1) is 15.7. The van der Waals surface area contributed by atoms with Crippen LogP contribution in [0.4, 0.5) is 0 Å². The van der Waals surface area contributed by atoms with Crippen LogP contribution in [0.2, 0.25) is 0 Å². The van der Waals surface area contributed by atoms with Crippen molar-refractivity contribution < 1.29 is 70.3 Å². The van der Waals surface area contributed by atoms with Gasteiger partial charge >= 0.3 is 68.9 Å². The van der Waals surface area contributed by atoms with Crippen molar-refractivity contribution in [1.82, 2.24) is 0 Å². The molecule has 0 heterocycles. The van der Waals surface area contributed by atoms with Crippen molar-refractivity contribution in [2.75, 3.05) is 0 Å². The van der Waals surface area contributed by atoms with Crippen molar-refractivity contribution in [3.63, 3.8) is 0 Å². The van der Waals surface area contributed by atoms with Crippen molar-refractivity contribution in [3.05, 3.63) is 0 Å². The summed E-state index contributed by atoms with van der Waals surface area (Å²) in [5.74, 6) is 0. The van der Waals surface area contributed by atoms with Gasteiger partial charge in [-0.15, -0.1) is 12.4 Å². The summed E-state index contributed by atoms with van der Waals surface area (Å²) in [6.45, 7) is 0. The van der Waals surface area contributed by atoms with Crippen molar-refractivity contribution in [2.45, 2.75) is 0 Å². The molecule has 0 aromatic carbocycles. The van der Waals surface area contributed by atoms with Crippen LogP contribution in [-0.4, -0.2) is 0 Å². The van der Waals surface area contributed by atoms with Crippen LogP contribution in [0, 0.1) is 10.7 Å². The summed E-state index contributed by atoms with van der Waals surface area (Å²) in [5, 5.41) is 8.63. The van der Waals surface area contributed by atoms with Crippen LogP contribution in [0.15, 0.2) is 0 Å². The zero-order chi connectivity index (χ0) is 2.71. The van der Waals surface area contributed by atoms with Crippen LogP contribution >= 0.6 is 25.0 Å². The van der Waals surface area contributed by atoms with Gasteiger partial charge in [0.25, 0.3) is 0 Å². The van der Waals surface area contributed by atoms with E-state index < -0.39 is 0 Å². The first-order chi connectivity index (χ1) is 1.41. The molecule has 0 unspecified atom stereocenters. The number of nitrogens with zero attached hydrogens (tertiary/aromatic N) is 1. The van der Waals surface area contributed by atoms with E-state index in [2.05, 4.69) is 12.6 Å². The van der Waals surface area contributed by atoms with Gasteiger partial charge in [0.05, 0.1) is 0 Å². The molecule has 0 atom stereocenters. The summed E-state index contributed by atoms with van der Waals surface area (Å²) < 4.78 is 0. The number of hydrogen-bond donors (Lipinski definition) is 1. The van der Waals surface area contributed by atoms with Gasteiger partial charge in [-0.2, -0.15) is 5.26 Å². The topological polar surface area (TPSA) is 23.8 Å². The van der Waals surface area contributed by atoms with E-state index in [4.69, 9.17) is 5.26 Å². The van der Waals surface area contributed by atoms with Gasteiger partial charge in [0.2, 0.25) is 0 Å². The van der Waals surface area contributed by atoms with E-state index in [9.17, 15) is 0 Å². The Hall–Kier alpha value is 2.18. The quantitative estimate of drug-likeness (QED) is 0.375. The zero-order valence-corrected chi connectivity index (χ0v) is 10.8. The number of nitriles is 1. The Labute approximate surface area is 103 Å². The van der Waals surface area contributed by atoms with Crippen LogP contribution in [0.25, 0.3) is 0 Å². The third-order valence-electron chi connectivity index (χ3n) is 0. The molecule has 0 saturated heterocycles. The second kappa shape index (κ2) is 16.4. The molecular weight excluding hydrogens is 226 g/mol. The van der Waals surface area contributed by atoms with Gasteiger partial charge in [-0.25, -0.2) is 0 Å². The molecule has 1 nitrogen and oxygen atoms in total. The second-order valence-corrected chi connectivity index (χ2v) is 0.300. The summed E-state index contributed by atoms with van der Waals surface area (Å²) in [6, 6.07) is 0. The molecule has 0 aliphatic heterocycles. The summed E-state index contributed by atoms with van der Waals surface area (Å²) >= 11 is 3.09. The molecule has 26 valence electrons. The Kier molecular flexibility index (Phi) is 51.5. The Morgan fingerprint density at radius 1 is 1.80 bits per heavy atom.